The first kappa shape index (κ1) is 15.9. The van der Waals surface area contributed by atoms with Gasteiger partial charge in [-0.2, -0.15) is 0 Å². The molecule has 4 nitrogen and oxygen atoms in total. The van der Waals surface area contributed by atoms with E-state index in [0.717, 1.165) is 44.8 Å². The highest BCUT2D eigenvalue weighted by Gasteiger charge is 2.41. The number of methoxy groups -OCH3 is 1. The third-order valence-electron chi connectivity index (χ3n) is 4.23. The van der Waals surface area contributed by atoms with Crippen LogP contribution >= 0.6 is 0 Å². The van der Waals surface area contributed by atoms with Gasteiger partial charge in [0.05, 0.1) is 11.6 Å². The minimum Gasteiger partial charge on any atom is -0.385 e. The molecule has 18 heavy (non-hydrogen) atoms. The highest BCUT2D eigenvalue weighted by molar-refractivity contribution is 4.95. The van der Waals surface area contributed by atoms with Crippen LogP contribution in [-0.2, 0) is 9.47 Å². The molecule has 108 valence electrons. The van der Waals surface area contributed by atoms with Gasteiger partial charge in [-0.25, -0.2) is 0 Å². The van der Waals surface area contributed by atoms with E-state index in [-0.39, 0.29) is 11.6 Å². The predicted octanol–water partition coefficient (Wildman–Crippen LogP) is 2.23. The Morgan fingerprint density at radius 2 is 2.06 bits per heavy atom. The second-order valence-electron chi connectivity index (χ2n) is 5.53. The van der Waals surface area contributed by atoms with Gasteiger partial charge in [0.25, 0.3) is 0 Å². The van der Waals surface area contributed by atoms with Gasteiger partial charge in [-0.05, 0) is 51.4 Å². The summed E-state index contributed by atoms with van der Waals surface area (Å²) >= 11 is 0. The number of hydrazine groups is 1. The quantitative estimate of drug-likeness (QED) is 0.398. The highest BCUT2D eigenvalue weighted by atomic mass is 16.5. The molecule has 1 unspecified atom stereocenters. The highest BCUT2D eigenvalue weighted by Crippen LogP contribution is 2.38. The van der Waals surface area contributed by atoms with Crippen LogP contribution in [0.25, 0.3) is 0 Å². The molecule has 1 saturated carbocycles. The first-order chi connectivity index (χ1) is 8.68. The van der Waals surface area contributed by atoms with Gasteiger partial charge in [0.2, 0.25) is 0 Å². The van der Waals surface area contributed by atoms with Crippen molar-refractivity contribution in [2.75, 3.05) is 20.3 Å². The van der Waals surface area contributed by atoms with Gasteiger partial charge in [-0.3, -0.25) is 11.3 Å². The van der Waals surface area contributed by atoms with Crippen molar-refractivity contribution in [1.29, 1.82) is 0 Å². The lowest BCUT2D eigenvalue weighted by molar-refractivity contribution is -0.0987. The molecule has 1 aliphatic carbocycles. The molecule has 1 fully saturated rings. The maximum Gasteiger partial charge on any atom is 0.0848 e. The molecule has 0 radical (unpaired) electrons. The Morgan fingerprint density at radius 3 is 2.56 bits per heavy atom. The van der Waals surface area contributed by atoms with Crippen LogP contribution < -0.4 is 11.3 Å². The first-order valence-corrected chi connectivity index (χ1v) is 7.27. The standard InChI is InChI=1S/C14H30N2O2/c1-4-18-14(9-7-12(2)8-10-14)13(16-15)6-5-11-17-3/h12-13,16H,4-11,15H2,1-3H3. The Balaban J connectivity index is 2.61. The van der Waals surface area contributed by atoms with Crippen LogP contribution in [0.1, 0.15) is 52.4 Å². The van der Waals surface area contributed by atoms with Crippen LogP contribution in [0.3, 0.4) is 0 Å². The Bertz CT molecular complexity index is 216. The summed E-state index contributed by atoms with van der Waals surface area (Å²) in [7, 11) is 1.74. The van der Waals surface area contributed by atoms with Gasteiger partial charge in [-0.15, -0.1) is 0 Å². The smallest absolute Gasteiger partial charge is 0.0848 e. The number of nitrogens with two attached hydrogens (primary N) is 1. The molecule has 0 heterocycles. The third-order valence-corrected chi connectivity index (χ3v) is 4.23. The molecule has 0 spiro atoms. The molecule has 0 amide bonds. The number of hydrogen-bond acceptors (Lipinski definition) is 4. The van der Waals surface area contributed by atoms with E-state index in [4.69, 9.17) is 15.3 Å². The van der Waals surface area contributed by atoms with Crippen molar-refractivity contribution in [2.24, 2.45) is 11.8 Å². The second-order valence-corrected chi connectivity index (χ2v) is 5.53. The van der Waals surface area contributed by atoms with E-state index in [1.54, 1.807) is 7.11 Å². The van der Waals surface area contributed by atoms with Crippen LogP contribution in [0.5, 0.6) is 0 Å². The van der Waals surface area contributed by atoms with Gasteiger partial charge in [0, 0.05) is 20.3 Å². The summed E-state index contributed by atoms with van der Waals surface area (Å²) < 4.78 is 11.2. The zero-order valence-electron chi connectivity index (χ0n) is 12.2. The molecule has 4 heteroatoms. The molecule has 1 atom stereocenters. The molecular formula is C14H30N2O2. The van der Waals surface area contributed by atoms with Crippen LogP contribution in [0.2, 0.25) is 0 Å². The normalized spacial score (nSPS) is 30.3. The number of rotatable bonds is 8. The molecule has 0 bridgehead atoms. The van der Waals surface area contributed by atoms with Gasteiger partial charge >= 0.3 is 0 Å². The minimum absolute atomic E-state index is 0.0657. The van der Waals surface area contributed by atoms with Crippen LogP contribution in [0, 0.1) is 5.92 Å². The molecule has 1 aliphatic rings. The summed E-state index contributed by atoms with van der Waals surface area (Å²) in [5, 5.41) is 0. The van der Waals surface area contributed by atoms with E-state index in [0.29, 0.717) is 0 Å². The van der Waals surface area contributed by atoms with Crippen molar-refractivity contribution in [3.8, 4) is 0 Å². The first-order valence-electron chi connectivity index (χ1n) is 7.27. The molecule has 0 saturated heterocycles. The maximum atomic E-state index is 6.12. The summed E-state index contributed by atoms with van der Waals surface area (Å²) in [6.45, 7) is 5.95. The average Bonchev–Trinajstić information content (AvgIpc) is 2.38. The summed E-state index contributed by atoms with van der Waals surface area (Å²) in [4.78, 5) is 0. The lowest BCUT2D eigenvalue weighted by Crippen LogP contribution is -2.56. The fraction of sp³-hybridized carbons (Fsp3) is 1.00. The van der Waals surface area contributed by atoms with E-state index in [9.17, 15) is 0 Å². The van der Waals surface area contributed by atoms with E-state index < -0.39 is 0 Å². The van der Waals surface area contributed by atoms with Crippen molar-refractivity contribution in [3.63, 3.8) is 0 Å². The lowest BCUT2D eigenvalue weighted by atomic mass is 9.74. The number of nitrogens with one attached hydrogen (secondary N) is 1. The van der Waals surface area contributed by atoms with E-state index in [2.05, 4.69) is 19.3 Å². The molecule has 0 aliphatic heterocycles. The van der Waals surface area contributed by atoms with Crippen molar-refractivity contribution < 1.29 is 9.47 Å². The largest absolute Gasteiger partial charge is 0.385 e. The van der Waals surface area contributed by atoms with E-state index in [1.165, 1.54) is 12.8 Å². The van der Waals surface area contributed by atoms with Gasteiger partial charge in [0.1, 0.15) is 0 Å². The number of hydrogen-bond donors (Lipinski definition) is 2. The SMILES string of the molecule is CCOC1(C(CCCOC)NN)CCC(C)CC1. The molecule has 0 aromatic rings. The Labute approximate surface area is 112 Å². The van der Waals surface area contributed by atoms with Gasteiger partial charge in [0.15, 0.2) is 0 Å². The van der Waals surface area contributed by atoms with Crippen molar-refractivity contribution >= 4 is 0 Å². The maximum absolute atomic E-state index is 6.12. The predicted molar refractivity (Wildman–Crippen MR) is 74.2 cm³/mol. The fourth-order valence-corrected chi connectivity index (χ4v) is 3.06. The van der Waals surface area contributed by atoms with Crippen LogP contribution in [0.4, 0.5) is 0 Å². The topological polar surface area (TPSA) is 56.5 Å². The molecule has 1 rings (SSSR count). The van der Waals surface area contributed by atoms with Crippen molar-refractivity contribution in [2.45, 2.75) is 64.0 Å². The van der Waals surface area contributed by atoms with Crippen LogP contribution in [0.15, 0.2) is 0 Å². The zero-order chi connectivity index (χ0) is 13.4. The van der Waals surface area contributed by atoms with E-state index >= 15 is 0 Å². The summed E-state index contributed by atoms with van der Waals surface area (Å²) in [6.07, 6.45) is 6.74. The zero-order valence-corrected chi connectivity index (χ0v) is 12.2. The number of ether oxygens (including phenoxy) is 2. The molecule has 3 N–H and O–H groups in total. The lowest BCUT2D eigenvalue weighted by Gasteiger charge is -2.44. The van der Waals surface area contributed by atoms with Gasteiger partial charge in [-0.1, -0.05) is 6.92 Å². The van der Waals surface area contributed by atoms with Gasteiger partial charge < -0.3 is 9.47 Å². The van der Waals surface area contributed by atoms with Crippen molar-refractivity contribution in [1.82, 2.24) is 5.43 Å². The summed E-state index contributed by atoms with van der Waals surface area (Å²) in [5.41, 5.74) is 2.92. The fourth-order valence-electron chi connectivity index (χ4n) is 3.06. The van der Waals surface area contributed by atoms with Crippen LogP contribution in [-0.4, -0.2) is 32.0 Å². The Hall–Kier alpha value is -0.160. The summed E-state index contributed by atoms with van der Waals surface area (Å²) in [6, 6.07) is 0.236. The Morgan fingerprint density at radius 1 is 1.39 bits per heavy atom. The van der Waals surface area contributed by atoms with E-state index in [1.807, 2.05) is 0 Å². The monoisotopic (exact) mass is 258 g/mol. The molecule has 0 aromatic heterocycles. The van der Waals surface area contributed by atoms with Crippen molar-refractivity contribution in [3.05, 3.63) is 0 Å². The molecular weight excluding hydrogens is 228 g/mol. The Kier molecular flexibility index (Phi) is 7.15. The minimum atomic E-state index is -0.0657. The third kappa shape index (κ3) is 4.19. The average molecular weight is 258 g/mol. The second kappa shape index (κ2) is 8.10. The molecule has 0 aromatic carbocycles. The summed E-state index contributed by atoms with van der Waals surface area (Å²) in [5.74, 6) is 6.58.